The Morgan fingerprint density at radius 3 is 2.32 bits per heavy atom. The van der Waals surface area contributed by atoms with E-state index in [4.69, 9.17) is 4.74 Å². The first-order chi connectivity index (χ1) is 9.01. The third-order valence-corrected chi connectivity index (χ3v) is 2.37. The van der Waals surface area contributed by atoms with Crippen molar-refractivity contribution in [3.8, 4) is 0 Å². The minimum atomic E-state index is -0.903. The lowest BCUT2D eigenvalue weighted by atomic mass is 10.2. The fourth-order valence-electron chi connectivity index (χ4n) is 1.16. The summed E-state index contributed by atoms with van der Waals surface area (Å²) in [6.45, 7) is 5.66. The maximum atomic E-state index is 11.5. The molecule has 0 unspecified atom stereocenters. The molecule has 0 saturated heterocycles. The van der Waals surface area contributed by atoms with Gasteiger partial charge in [0.05, 0.1) is 6.61 Å². The summed E-state index contributed by atoms with van der Waals surface area (Å²) in [7, 11) is 0. The average molecular weight is 273 g/mol. The van der Waals surface area contributed by atoms with Gasteiger partial charge in [0.25, 0.3) is 0 Å². The molecule has 0 saturated carbocycles. The summed E-state index contributed by atoms with van der Waals surface area (Å²) in [5.74, 6) is -1.34. The van der Waals surface area contributed by atoms with Crippen LogP contribution < -0.4 is 5.32 Å². The molecule has 1 atom stereocenters. The number of hydrogen-bond donors (Lipinski definition) is 1. The van der Waals surface area contributed by atoms with E-state index in [1.165, 1.54) is 6.92 Å². The van der Waals surface area contributed by atoms with Gasteiger partial charge in [-0.2, -0.15) is 0 Å². The molecule has 6 nitrogen and oxygen atoms in total. The second kappa shape index (κ2) is 10.3. The van der Waals surface area contributed by atoms with Crippen LogP contribution >= 0.6 is 0 Å². The number of amides is 1. The normalized spacial score (nSPS) is 11.5. The smallest absolute Gasteiger partial charge is 0.407 e. The number of rotatable bonds is 8. The van der Waals surface area contributed by atoms with Gasteiger partial charge in [0.1, 0.15) is 6.04 Å². The lowest BCUT2D eigenvalue weighted by Crippen LogP contribution is -2.40. The van der Waals surface area contributed by atoms with E-state index in [0.717, 1.165) is 19.3 Å². The second-order valence-corrected chi connectivity index (χ2v) is 4.25. The molecular weight excluding hydrogens is 250 g/mol. The van der Waals surface area contributed by atoms with Crippen LogP contribution in [-0.2, 0) is 19.1 Å². The molecule has 6 heteroatoms. The van der Waals surface area contributed by atoms with Crippen LogP contribution in [0.15, 0.2) is 0 Å². The van der Waals surface area contributed by atoms with Gasteiger partial charge in [-0.05, 0) is 19.8 Å². The number of hydrogen-bond acceptors (Lipinski definition) is 5. The number of carbonyl (C=O) groups is 3. The predicted octanol–water partition coefficient (Wildman–Crippen LogP) is 2.16. The van der Waals surface area contributed by atoms with Crippen molar-refractivity contribution in [1.29, 1.82) is 0 Å². The van der Waals surface area contributed by atoms with Gasteiger partial charge < -0.3 is 14.8 Å². The van der Waals surface area contributed by atoms with Crippen molar-refractivity contribution >= 4 is 18.0 Å². The number of unbranched alkanes of at least 4 members (excludes halogenated alkanes) is 2. The van der Waals surface area contributed by atoms with E-state index in [2.05, 4.69) is 10.1 Å². The third-order valence-electron chi connectivity index (χ3n) is 2.37. The molecule has 0 heterocycles. The van der Waals surface area contributed by atoms with Crippen LogP contribution in [0.4, 0.5) is 4.79 Å². The number of alkyl carbamates (subject to hydrolysis) is 1. The molecule has 0 rings (SSSR count). The first-order valence-corrected chi connectivity index (χ1v) is 6.69. The minimum Gasteiger partial charge on any atom is -0.450 e. The first-order valence-electron chi connectivity index (χ1n) is 6.69. The van der Waals surface area contributed by atoms with Gasteiger partial charge in [0, 0.05) is 6.42 Å². The summed E-state index contributed by atoms with van der Waals surface area (Å²) in [6, 6.07) is -0.903. The number of esters is 2. The Morgan fingerprint density at radius 2 is 1.74 bits per heavy atom. The molecule has 0 aliphatic carbocycles. The van der Waals surface area contributed by atoms with Crippen LogP contribution in [0.2, 0.25) is 0 Å². The van der Waals surface area contributed by atoms with Gasteiger partial charge in [0.2, 0.25) is 0 Å². The Hall–Kier alpha value is -1.59. The fraction of sp³-hybridized carbons (Fsp3) is 0.769. The van der Waals surface area contributed by atoms with Crippen molar-refractivity contribution in [2.24, 2.45) is 0 Å². The highest BCUT2D eigenvalue weighted by Gasteiger charge is 2.20. The molecule has 0 aromatic rings. The van der Waals surface area contributed by atoms with Crippen LogP contribution in [0.1, 0.15) is 52.9 Å². The van der Waals surface area contributed by atoms with Crippen molar-refractivity contribution in [2.75, 3.05) is 6.61 Å². The van der Waals surface area contributed by atoms with Crippen molar-refractivity contribution in [1.82, 2.24) is 5.32 Å². The standard InChI is InChI=1S/C13H23NO5/c1-4-6-8-11(15)19-12(16)10(3)14-13(17)18-9-7-5-2/h10H,4-9H2,1-3H3,(H,14,17)/t10-/m0/s1. The highest BCUT2D eigenvalue weighted by molar-refractivity contribution is 5.89. The molecule has 0 aromatic heterocycles. The summed E-state index contributed by atoms with van der Waals surface area (Å²) >= 11 is 0. The number of carbonyl (C=O) groups excluding carboxylic acids is 3. The molecule has 1 N–H and O–H groups in total. The van der Waals surface area contributed by atoms with Crippen molar-refractivity contribution in [2.45, 2.75) is 58.9 Å². The summed E-state index contributed by atoms with van der Waals surface area (Å²) in [5.41, 5.74) is 0. The Bertz CT molecular complexity index is 303. The van der Waals surface area contributed by atoms with Crippen LogP contribution in [0.25, 0.3) is 0 Å². The van der Waals surface area contributed by atoms with E-state index in [1.54, 1.807) is 0 Å². The average Bonchev–Trinajstić information content (AvgIpc) is 2.36. The molecule has 0 radical (unpaired) electrons. The molecule has 0 bridgehead atoms. The summed E-state index contributed by atoms with van der Waals surface area (Å²) < 4.78 is 9.42. The van der Waals surface area contributed by atoms with E-state index in [-0.39, 0.29) is 6.42 Å². The maximum absolute atomic E-state index is 11.5. The lowest BCUT2D eigenvalue weighted by molar-refractivity contribution is -0.160. The van der Waals surface area contributed by atoms with Crippen LogP contribution in [0, 0.1) is 0 Å². The zero-order valence-corrected chi connectivity index (χ0v) is 11.9. The summed E-state index contributed by atoms with van der Waals surface area (Å²) in [6.07, 6.45) is 2.72. The van der Waals surface area contributed by atoms with Gasteiger partial charge in [-0.15, -0.1) is 0 Å². The summed E-state index contributed by atoms with van der Waals surface area (Å²) in [4.78, 5) is 34.0. The van der Waals surface area contributed by atoms with Crippen LogP contribution in [0.5, 0.6) is 0 Å². The number of nitrogens with one attached hydrogen (secondary N) is 1. The first kappa shape index (κ1) is 17.4. The Kier molecular flexibility index (Phi) is 9.48. The monoisotopic (exact) mass is 273 g/mol. The Balaban J connectivity index is 3.92. The van der Waals surface area contributed by atoms with Gasteiger partial charge >= 0.3 is 18.0 Å². The van der Waals surface area contributed by atoms with Gasteiger partial charge in [0.15, 0.2) is 0 Å². The SMILES string of the molecule is CCCCOC(=O)N[C@@H](C)C(=O)OC(=O)CCCC. The molecule has 0 aliphatic rings. The number of ether oxygens (including phenoxy) is 2. The molecule has 0 aromatic carbocycles. The Labute approximate surface area is 113 Å². The molecule has 0 aliphatic heterocycles. The van der Waals surface area contributed by atoms with Crippen molar-refractivity contribution in [3.05, 3.63) is 0 Å². The third kappa shape index (κ3) is 9.04. The highest BCUT2D eigenvalue weighted by Crippen LogP contribution is 1.99. The van der Waals surface area contributed by atoms with E-state index in [1.807, 2.05) is 13.8 Å². The van der Waals surface area contributed by atoms with E-state index < -0.39 is 24.1 Å². The largest absolute Gasteiger partial charge is 0.450 e. The second-order valence-electron chi connectivity index (χ2n) is 4.25. The fourth-order valence-corrected chi connectivity index (χ4v) is 1.16. The molecule has 19 heavy (non-hydrogen) atoms. The topological polar surface area (TPSA) is 81.7 Å². The Morgan fingerprint density at radius 1 is 1.11 bits per heavy atom. The quantitative estimate of drug-likeness (QED) is 0.416. The molecular formula is C13H23NO5. The van der Waals surface area contributed by atoms with E-state index >= 15 is 0 Å². The van der Waals surface area contributed by atoms with E-state index in [9.17, 15) is 14.4 Å². The van der Waals surface area contributed by atoms with Gasteiger partial charge in [-0.25, -0.2) is 9.59 Å². The van der Waals surface area contributed by atoms with Crippen LogP contribution in [-0.4, -0.2) is 30.7 Å². The van der Waals surface area contributed by atoms with Crippen LogP contribution in [0.3, 0.4) is 0 Å². The highest BCUT2D eigenvalue weighted by atomic mass is 16.6. The van der Waals surface area contributed by atoms with Gasteiger partial charge in [-0.1, -0.05) is 26.7 Å². The lowest BCUT2D eigenvalue weighted by Gasteiger charge is -2.12. The maximum Gasteiger partial charge on any atom is 0.407 e. The van der Waals surface area contributed by atoms with Crippen molar-refractivity contribution in [3.63, 3.8) is 0 Å². The molecule has 1 amide bonds. The van der Waals surface area contributed by atoms with Crippen molar-refractivity contribution < 1.29 is 23.9 Å². The molecule has 0 spiro atoms. The summed E-state index contributed by atoms with van der Waals surface area (Å²) in [5, 5.41) is 2.31. The minimum absolute atomic E-state index is 0.204. The predicted molar refractivity (Wildman–Crippen MR) is 69.5 cm³/mol. The zero-order valence-electron chi connectivity index (χ0n) is 11.9. The van der Waals surface area contributed by atoms with Gasteiger partial charge in [-0.3, -0.25) is 4.79 Å². The zero-order chi connectivity index (χ0) is 14.7. The molecule has 0 fully saturated rings. The molecule has 110 valence electrons. The van der Waals surface area contributed by atoms with E-state index in [0.29, 0.717) is 13.0 Å².